The number of rotatable bonds is 4. The molecule has 0 aromatic carbocycles. The van der Waals surface area contributed by atoms with Crippen LogP contribution in [0.2, 0.25) is 0 Å². The molecule has 0 aliphatic heterocycles. The van der Waals surface area contributed by atoms with Crippen molar-refractivity contribution < 1.29 is 19.7 Å². The Bertz CT molecular complexity index is 376. The van der Waals surface area contributed by atoms with E-state index >= 15 is 0 Å². The third kappa shape index (κ3) is 2.66. The number of aryl methyl sites for hydroxylation is 2. The lowest BCUT2D eigenvalue weighted by Crippen LogP contribution is -2.10. The third-order valence-electron chi connectivity index (χ3n) is 1.86. The summed E-state index contributed by atoms with van der Waals surface area (Å²) in [5.74, 6) is -1.01. The molecule has 5 heteroatoms. The van der Waals surface area contributed by atoms with E-state index in [1.54, 1.807) is 19.9 Å². The molecular formula is C10H13NO4. The highest BCUT2D eigenvalue weighted by molar-refractivity contribution is 5.91. The molecule has 1 aromatic heterocycles. The molecule has 0 atom stereocenters. The van der Waals surface area contributed by atoms with E-state index in [2.05, 4.69) is 4.98 Å². The van der Waals surface area contributed by atoms with Crippen molar-refractivity contribution in [2.24, 2.45) is 0 Å². The molecule has 5 nitrogen and oxygen atoms in total. The fourth-order valence-corrected chi connectivity index (χ4v) is 1.31. The van der Waals surface area contributed by atoms with E-state index in [1.807, 2.05) is 0 Å². The SMILES string of the molecule is Cc1cc(C)c(C(=O)O)c(OCCO)n1. The van der Waals surface area contributed by atoms with E-state index in [-0.39, 0.29) is 24.7 Å². The second kappa shape index (κ2) is 4.75. The monoisotopic (exact) mass is 211 g/mol. The Morgan fingerprint density at radius 1 is 1.53 bits per heavy atom. The second-order valence-electron chi connectivity index (χ2n) is 3.14. The number of carboxylic acids is 1. The summed E-state index contributed by atoms with van der Waals surface area (Å²) in [6, 6.07) is 1.68. The molecule has 0 amide bonds. The van der Waals surface area contributed by atoms with Crippen molar-refractivity contribution in [3.8, 4) is 5.88 Å². The van der Waals surface area contributed by atoms with Gasteiger partial charge in [0.2, 0.25) is 5.88 Å². The number of hydrogen-bond acceptors (Lipinski definition) is 4. The highest BCUT2D eigenvalue weighted by Crippen LogP contribution is 2.20. The van der Waals surface area contributed by atoms with Gasteiger partial charge in [0, 0.05) is 5.69 Å². The Labute approximate surface area is 87.3 Å². The zero-order valence-electron chi connectivity index (χ0n) is 8.65. The molecule has 0 spiro atoms. The quantitative estimate of drug-likeness (QED) is 0.768. The Hall–Kier alpha value is -1.62. The molecule has 0 aliphatic rings. The molecule has 0 aliphatic carbocycles. The first kappa shape index (κ1) is 11.5. The lowest BCUT2D eigenvalue weighted by atomic mass is 10.1. The molecule has 1 aromatic rings. The van der Waals surface area contributed by atoms with Gasteiger partial charge in [-0.05, 0) is 25.5 Å². The summed E-state index contributed by atoms with van der Waals surface area (Å²) in [5.41, 5.74) is 1.34. The van der Waals surface area contributed by atoms with Gasteiger partial charge in [-0.1, -0.05) is 0 Å². The van der Waals surface area contributed by atoms with Crippen molar-refractivity contribution >= 4 is 5.97 Å². The summed E-state index contributed by atoms with van der Waals surface area (Å²) in [6.45, 7) is 3.30. The van der Waals surface area contributed by atoms with Crippen LogP contribution in [0.1, 0.15) is 21.6 Å². The molecule has 0 radical (unpaired) electrons. The van der Waals surface area contributed by atoms with Crippen LogP contribution in [-0.2, 0) is 0 Å². The maximum absolute atomic E-state index is 10.9. The van der Waals surface area contributed by atoms with Crippen LogP contribution in [0.3, 0.4) is 0 Å². The number of aliphatic hydroxyl groups is 1. The molecule has 0 unspecified atom stereocenters. The minimum Gasteiger partial charge on any atom is -0.477 e. The van der Waals surface area contributed by atoms with E-state index in [0.717, 1.165) is 0 Å². The van der Waals surface area contributed by atoms with Crippen LogP contribution < -0.4 is 4.74 Å². The van der Waals surface area contributed by atoms with Crippen molar-refractivity contribution in [1.29, 1.82) is 0 Å². The number of carbonyl (C=O) groups is 1. The van der Waals surface area contributed by atoms with E-state index in [1.165, 1.54) is 0 Å². The fraction of sp³-hybridized carbons (Fsp3) is 0.400. The molecule has 0 fully saturated rings. The first-order valence-corrected chi connectivity index (χ1v) is 4.51. The third-order valence-corrected chi connectivity index (χ3v) is 1.86. The number of carboxylic acid groups (broad SMARTS) is 1. The van der Waals surface area contributed by atoms with Crippen LogP contribution in [0, 0.1) is 13.8 Å². The smallest absolute Gasteiger partial charge is 0.341 e. The average Bonchev–Trinajstić information content (AvgIpc) is 2.12. The Morgan fingerprint density at radius 3 is 2.73 bits per heavy atom. The molecule has 0 saturated heterocycles. The molecule has 0 saturated carbocycles. The molecule has 1 heterocycles. The van der Waals surface area contributed by atoms with Crippen molar-refractivity contribution in [3.05, 3.63) is 22.9 Å². The second-order valence-corrected chi connectivity index (χ2v) is 3.14. The number of ether oxygens (including phenoxy) is 1. The fourth-order valence-electron chi connectivity index (χ4n) is 1.31. The molecule has 15 heavy (non-hydrogen) atoms. The van der Waals surface area contributed by atoms with Gasteiger partial charge < -0.3 is 14.9 Å². The van der Waals surface area contributed by atoms with E-state index < -0.39 is 5.97 Å². The summed E-state index contributed by atoms with van der Waals surface area (Å²) in [4.78, 5) is 14.9. The van der Waals surface area contributed by atoms with Gasteiger partial charge in [-0.25, -0.2) is 9.78 Å². The van der Waals surface area contributed by atoms with Crippen LogP contribution in [0.25, 0.3) is 0 Å². The van der Waals surface area contributed by atoms with E-state index in [0.29, 0.717) is 11.3 Å². The molecule has 0 bridgehead atoms. The first-order valence-electron chi connectivity index (χ1n) is 4.51. The van der Waals surface area contributed by atoms with Crippen LogP contribution in [0.5, 0.6) is 5.88 Å². The molecular weight excluding hydrogens is 198 g/mol. The Morgan fingerprint density at radius 2 is 2.20 bits per heavy atom. The van der Waals surface area contributed by atoms with Crippen molar-refractivity contribution in [2.45, 2.75) is 13.8 Å². The summed E-state index contributed by atoms with van der Waals surface area (Å²) in [7, 11) is 0. The van der Waals surface area contributed by atoms with E-state index in [9.17, 15) is 4.79 Å². The maximum Gasteiger partial charge on any atom is 0.341 e. The minimum atomic E-state index is -1.08. The molecule has 2 N–H and O–H groups in total. The average molecular weight is 211 g/mol. The van der Waals surface area contributed by atoms with Crippen LogP contribution >= 0.6 is 0 Å². The van der Waals surface area contributed by atoms with Gasteiger partial charge in [-0.3, -0.25) is 0 Å². The predicted octanol–water partition coefficient (Wildman–Crippen LogP) is 0.768. The summed E-state index contributed by atoms with van der Waals surface area (Å²) in [6.07, 6.45) is 0. The van der Waals surface area contributed by atoms with Gasteiger partial charge in [0.1, 0.15) is 12.2 Å². The lowest BCUT2D eigenvalue weighted by Gasteiger charge is -2.09. The maximum atomic E-state index is 10.9. The minimum absolute atomic E-state index is 0.0379. The zero-order valence-corrected chi connectivity index (χ0v) is 8.65. The first-order chi connectivity index (χ1) is 7.06. The van der Waals surface area contributed by atoms with Gasteiger partial charge in [0.25, 0.3) is 0 Å². The zero-order chi connectivity index (χ0) is 11.4. The Balaban J connectivity index is 3.14. The van der Waals surface area contributed by atoms with Crippen molar-refractivity contribution in [3.63, 3.8) is 0 Å². The predicted molar refractivity (Wildman–Crippen MR) is 53.3 cm³/mol. The molecule has 1 rings (SSSR count). The summed E-state index contributed by atoms with van der Waals surface area (Å²) in [5, 5.41) is 17.5. The summed E-state index contributed by atoms with van der Waals surface area (Å²) >= 11 is 0. The highest BCUT2D eigenvalue weighted by atomic mass is 16.5. The highest BCUT2D eigenvalue weighted by Gasteiger charge is 2.16. The summed E-state index contributed by atoms with van der Waals surface area (Å²) < 4.78 is 5.07. The molecule has 82 valence electrons. The van der Waals surface area contributed by atoms with Crippen LogP contribution in [0.4, 0.5) is 0 Å². The van der Waals surface area contributed by atoms with Gasteiger partial charge in [0.15, 0.2) is 0 Å². The number of aromatic carboxylic acids is 1. The van der Waals surface area contributed by atoms with Gasteiger partial charge >= 0.3 is 5.97 Å². The number of aromatic nitrogens is 1. The van der Waals surface area contributed by atoms with Gasteiger partial charge in [0.05, 0.1) is 6.61 Å². The lowest BCUT2D eigenvalue weighted by molar-refractivity contribution is 0.0688. The normalized spacial score (nSPS) is 10.1. The van der Waals surface area contributed by atoms with Crippen molar-refractivity contribution in [1.82, 2.24) is 4.98 Å². The topological polar surface area (TPSA) is 79.7 Å². The van der Waals surface area contributed by atoms with Gasteiger partial charge in [-0.15, -0.1) is 0 Å². The number of nitrogens with zero attached hydrogens (tertiary/aromatic N) is 1. The van der Waals surface area contributed by atoms with Crippen LogP contribution in [0.15, 0.2) is 6.07 Å². The number of pyridine rings is 1. The number of hydrogen-bond donors (Lipinski definition) is 2. The van der Waals surface area contributed by atoms with Crippen molar-refractivity contribution in [2.75, 3.05) is 13.2 Å². The number of aliphatic hydroxyl groups excluding tert-OH is 1. The van der Waals surface area contributed by atoms with Gasteiger partial charge in [-0.2, -0.15) is 0 Å². The largest absolute Gasteiger partial charge is 0.477 e. The van der Waals surface area contributed by atoms with E-state index in [4.69, 9.17) is 14.9 Å². The van der Waals surface area contributed by atoms with Crippen LogP contribution in [-0.4, -0.2) is 34.4 Å². The standard InChI is InChI=1S/C10H13NO4/c1-6-5-7(2)11-9(15-4-3-12)8(6)10(13)14/h5,12H,3-4H2,1-2H3,(H,13,14). The Kier molecular flexibility index (Phi) is 3.62.